The molecular weight excluding hydrogens is 445 g/mol. The number of hydrogen-bond donors (Lipinski definition) is 1. The number of amides is 1. The van der Waals surface area contributed by atoms with E-state index in [2.05, 4.69) is 24.8 Å². The second kappa shape index (κ2) is 9.23. The van der Waals surface area contributed by atoms with Crippen molar-refractivity contribution in [2.24, 2.45) is 0 Å². The molecule has 2 fully saturated rings. The zero-order valence-corrected chi connectivity index (χ0v) is 19.9. The van der Waals surface area contributed by atoms with E-state index in [0.29, 0.717) is 12.1 Å². The summed E-state index contributed by atoms with van der Waals surface area (Å²) in [6.07, 6.45) is -4.08. The molecule has 184 valence electrons. The van der Waals surface area contributed by atoms with E-state index in [1.54, 1.807) is 6.92 Å². The van der Waals surface area contributed by atoms with Gasteiger partial charge >= 0.3 is 6.18 Å². The topological polar surface area (TPSA) is 53.0 Å². The average Bonchev–Trinajstić information content (AvgIpc) is 3.40. The lowest BCUT2D eigenvalue weighted by atomic mass is 9.96. The Labute approximate surface area is 198 Å². The van der Waals surface area contributed by atoms with Gasteiger partial charge in [-0.3, -0.25) is 9.69 Å². The smallest absolute Gasteiger partial charge is 0.416 e. The molecule has 1 amide bonds. The lowest BCUT2D eigenvalue weighted by Crippen LogP contribution is -2.49. The lowest BCUT2D eigenvalue weighted by Gasteiger charge is -2.38. The normalized spacial score (nSPS) is 22.2. The van der Waals surface area contributed by atoms with E-state index in [1.807, 2.05) is 17.9 Å². The lowest BCUT2D eigenvalue weighted by molar-refractivity contribution is -0.137. The molecule has 0 spiro atoms. The minimum absolute atomic E-state index is 0.0531. The Bertz CT molecular complexity index is 1050. The molecule has 1 unspecified atom stereocenters. The van der Waals surface area contributed by atoms with E-state index in [0.717, 1.165) is 42.0 Å². The van der Waals surface area contributed by atoms with Crippen molar-refractivity contribution in [3.05, 3.63) is 64.2 Å². The van der Waals surface area contributed by atoms with Gasteiger partial charge in [-0.25, -0.2) is 0 Å². The highest BCUT2D eigenvalue weighted by molar-refractivity contribution is 5.94. The van der Waals surface area contributed by atoms with Crippen LogP contribution in [0.1, 0.15) is 58.9 Å². The monoisotopic (exact) mass is 476 g/mol. The van der Waals surface area contributed by atoms with Crippen LogP contribution in [0, 0.1) is 13.8 Å². The molecule has 34 heavy (non-hydrogen) atoms. The number of aliphatic hydroxyl groups is 1. The summed E-state index contributed by atoms with van der Waals surface area (Å²) in [6.45, 7) is 9.50. The summed E-state index contributed by atoms with van der Waals surface area (Å²) in [7, 11) is 0. The van der Waals surface area contributed by atoms with E-state index in [4.69, 9.17) is 4.74 Å². The second-order valence-corrected chi connectivity index (χ2v) is 9.51. The van der Waals surface area contributed by atoms with Gasteiger partial charge in [0.2, 0.25) is 0 Å². The summed E-state index contributed by atoms with van der Waals surface area (Å²) in [5, 5.41) is 9.49. The number of piperazine rings is 1. The highest BCUT2D eigenvalue weighted by atomic mass is 19.4. The van der Waals surface area contributed by atoms with E-state index in [-0.39, 0.29) is 30.6 Å². The molecule has 2 aliphatic heterocycles. The molecule has 0 aromatic heterocycles. The molecule has 0 radical (unpaired) electrons. The number of rotatable bonds is 6. The summed E-state index contributed by atoms with van der Waals surface area (Å²) in [6, 6.07) is 8.91. The molecule has 1 N–H and O–H groups in total. The Morgan fingerprint density at radius 1 is 1.06 bits per heavy atom. The van der Waals surface area contributed by atoms with Gasteiger partial charge in [0.25, 0.3) is 5.91 Å². The molecule has 4 atom stereocenters. The van der Waals surface area contributed by atoms with Crippen molar-refractivity contribution in [3.8, 4) is 5.75 Å². The first-order chi connectivity index (χ1) is 16.0. The fourth-order valence-electron chi connectivity index (χ4n) is 5.20. The first-order valence-corrected chi connectivity index (χ1v) is 11.6. The first kappa shape index (κ1) is 24.5. The van der Waals surface area contributed by atoms with Crippen molar-refractivity contribution in [3.63, 3.8) is 0 Å². The predicted octanol–water partition coefficient (Wildman–Crippen LogP) is 4.74. The molecule has 0 aliphatic carbocycles. The van der Waals surface area contributed by atoms with Crippen LogP contribution in [0.4, 0.5) is 13.2 Å². The molecule has 5 nitrogen and oxygen atoms in total. The maximum Gasteiger partial charge on any atom is 0.416 e. The van der Waals surface area contributed by atoms with Crippen LogP contribution in [0.2, 0.25) is 0 Å². The Hall–Kier alpha value is -2.58. The summed E-state index contributed by atoms with van der Waals surface area (Å²) < 4.78 is 44.2. The Balaban J connectivity index is 1.43. The van der Waals surface area contributed by atoms with Crippen molar-refractivity contribution < 1.29 is 27.8 Å². The van der Waals surface area contributed by atoms with E-state index in [9.17, 15) is 23.1 Å². The largest absolute Gasteiger partial charge is 0.491 e. The van der Waals surface area contributed by atoms with Gasteiger partial charge in [0, 0.05) is 36.8 Å². The minimum Gasteiger partial charge on any atom is -0.491 e. The number of fused-ring (bicyclic) bond motifs is 2. The molecule has 2 aliphatic rings. The van der Waals surface area contributed by atoms with E-state index >= 15 is 0 Å². The van der Waals surface area contributed by atoms with Crippen LogP contribution in [0.15, 0.2) is 36.4 Å². The number of likely N-dealkylation sites (tertiary alicyclic amines) is 2. The molecular formula is C26H31F3N2O3. The third kappa shape index (κ3) is 4.66. The zero-order chi connectivity index (χ0) is 24.8. The van der Waals surface area contributed by atoms with Crippen molar-refractivity contribution >= 4 is 5.91 Å². The number of alkyl halides is 3. The van der Waals surface area contributed by atoms with Gasteiger partial charge in [-0.1, -0.05) is 6.07 Å². The van der Waals surface area contributed by atoms with Crippen LogP contribution in [0.25, 0.3) is 0 Å². The van der Waals surface area contributed by atoms with Gasteiger partial charge in [-0.05, 0) is 81.1 Å². The van der Waals surface area contributed by atoms with Crippen molar-refractivity contribution in [1.82, 2.24) is 9.80 Å². The Morgan fingerprint density at radius 3 is 2.29 bits per heavy atom. The van der Waals surface area contributed by atoms with Crippen molar-refractivity contribution in [2.75, 3.05) is 19.7 Å². The predicted molar refractivity (Wildman–Crippen MR) is 123 cm³/mol. The zero-order valence-electron chi connectivity index (χ0n) is 19.9. The fraction of sp³-hybridized carbons (Fsp3) is 0.500. The molecule has 8 heteroatoms. The molecule has 4 rings (SSSR count). The number of hydrogen-bond acceptors (Lipinski definition) is 4. The number of aliphatic hydroxyl groups excluding tert-OH is 1. The number of carbonyl (C=O) groups is 1. The SMILES string of the molecule is Cc1c(OCC(C)O)ccc([C@@H](C)N2C[C@@H]3C[C@H]2CN3C(=O)c2ccc(C(F)(F)F)cc2)c1C. The number of halogens is 3. The highest BCUT2D eigenvalue weighted by Crippen LogP contribution is 2.39. The second-order valence-electron chi connectivity index (χ2n) is 9.51. The Kier molecular flexibility index (Phi) is 6.66. The van der Waals surface area contributed by atoms with Gasteiger partial charge in [0.15, 0.2) is 0 Å². The first-order valence-electron chi connectivity index (χ1n) is 11.6. The molecule has 0 saturated carbocycles. The van der Waals surface area contributed by atoms with Crippen LogP contribution < -0.4 is 4.74 Å². The van der Waals surface area contributed by atoms with E-state index in [1.165, 1.54) is 17.7 Å². The third-order valence-electron chi connectivity index (χ3n) is 7.21. The fourth-order valence-corrected chi connectivity index (χ4v) is 5.20. The van der Waals surface area contributed by atoms with Crippen LogP contribution in [-0.4, -0.2) is 58.7 Å². The number of benzene rings is 2. The van der Waals surface area contributed by atoms with Crippen LogP contribution in [0.3, 0.4) is 0 Å². The highest BCUT2D eigenvalue weighted by Gasteiger charge is 2.47. The van der Waals surface area contributed by atoms with Crippen molar-refractivity contribution in [2.45, 2.75) is 64.5 Å². The maximum absolute atomic E-state index is 13.0. The molecule has 2 saturated heterocycles. The standard InChI is InChI=1S/C26H31F3N2O3/c1-15(32)14-34-24-10-9-23(16(2)17(24)3)18(4)30-12-22-11-21(30)13-31(22)25(33)19-5-7-20(8-6-19)26(27,28)29/h5-10,15,18,21-22,32H,11-14H2,1-4H3/t15?,18-,21+,22+/m1/s1. The van der Waals surface area contributed by atoms with Crippen LogP contribution in [-0.2, 0) is 6.18 Å². The summed E-state index contributed by atoms with van der Waals surface area (Å²) in [5.41, 5.74) is 2.94. The van der Waals surface area contributed by atoms with Gasteiger partial charge in [0.05, 0.1) is 11.7 Å². The van der Waals surface area contributed by atoms with Gasteiger partial charge in [-0.2, -0.15) is 13.2 Å². The summed E-state index contributed by atoms with van der Waals surface area (Å²) >= 11 is 0. The molecule has 2 heterocycles. The number of nitrogens with zero attached hydrogens (tertiary/aromatic N) is 2. The summed E-state index contributed by atoms with van der Waals surface area (Å²) in [5.74, 6) is 0.561. The molecule has 2 aromatic rings. The quantitative estimate of drug-likeness (QED) is 0.654. The molecule has 2 aromatic carbocycles. The minimum atomic E-state index is -4.41. The van der Waals surface area contributed by atoms with Gasteiger partial charge in [-0.15, -0.1) is 0 Å². The number of carbonyl (C=O) groups excluding carboxylic acids is 1. The summed E-state index contributed by atoms with van der Waals surface area (Å²) in [4.78, 5) is 17.2. The Morgan fingerprint density at radius 2 is 1.74 bits per heavy atom. The number of ether oxygens (including phenoxy) is 1. The van der Waals surface area contributed by atoms with Gasteiger partial charge < -0.3 is 14.7 Å². The maximum atomic E-state index is 13.0. The van der Waals surface area contributed by atoms with Crippen LogP contribution >= 0.6 is 0 Å². The third-order valence-corrected chi connectivity index (χ3v) is 7.21. The van der Waals surface area contributed by atoms with E-state index < -0.39 is 17.8 Å². The molecule has 2 bridgehead atoms. The average molecular weight is 477 g/mol. The van der Waals surface area contributed by atoms with Crippen molar-refractivity contribution in [1.29, 1.82) is 0 Å². The van der Waals surface area contributed by atoms with Crippen LogP contribution in [0.5, 0.6) is 5.75 Å². The van der Waals surface area contributed by atoms with Gasteiger partial charge in [0.1, 0.15) is 12.4 Å².